The molecule has 0 saturated heterocycles. The molecule has 1 unspecified atom stereocenters. The third kappa shape index (κ3) is 3.72. The molecule has 66 valence electrons. The standard InChI is InChI=1S/C7H15NO2S/c1-6(7-3-4-7)5-8-11(2,9)10/h6-8H,3-5H2,1-2H3. The molecule has 0 aromatic heterocycles. The second-order valence-corrected chi connectivity index (χ2v) is 5.27. The lowest BCUT2D eigenvalue weighted by Crippen LogP contribution is -2.27. The molecule has 1 rings (SSSR count). The van der Waals surface area contributed by atoms with E-state index >= 15 is 0 Å². The van der Waals surface area contributed by atoms with Crippen molar-refractivity contribution in [2.24, 2.45) is 11.8 Å². The third-order valence-electron chi connectivity index (χ3n) is 2.09. The molecule has 0 amide bonds. The maximum Gasteiger partial charge on any atom is 0.208 e. The molecule has 0 aromatic rings. The third-order valence-corrected chi connectivity index (χ3v) is 2.79. The topological polar surface area (TPSA) is 46.2 Å². The summed E-state index contributed by atoms with van der Waals surface area (Å²) in [6.07, 6.45) is 3.74. The fourth-order valence-electron chi connectivity index (χ4n) is 1.11. The molecule has 1 saturated carbocycles. The maximum atomic E-state index is 10.7. The van der Waals surface area contributed by atoms with Crippen LogP contribution in [0.15, 0.2) is 0 Å². The first-order valence-electron chi connectivity index (χ1n) is 3.93. The minimum atomic E-state index is -2.97. The normalized spacial score (nSPS) is 21.6. The molecular weight excluding hydrogens is 162 g/mol. The van der Waals surface area contributed by atoms with Gasteiger partial charge >= 0.3 is 0 Å². The van der Waals surface area contributed by atoms with E-state index in [2.05, 4.69) is 11.6 Å². The van der Waals surface area contributed by atoms with Gasteiger partial charge in [-0.3, -0.25) is 0 Å². The lowest BCUT2D eigenvalue weighted by atomic mass is 10.1. The quantitative estimate of drug-likeness (QED) is 0.683. The van der Waals surface area contributed by atoms with E-state index in [4.69, 9.17) is 0 Å². The van der Waals surface area contributed by atoms with Crippen molar-refractivity contribution in [3.63, 3.8) is 0 Å². The maximum absolute atomic E-state index is 10.7. The molecule has 0 aliphatic heterocycles. The van der Waals surface area contributed by atoms with E-state index in [1.54, 1.807) is 0 Å². The average molecular weight is 177 g/mol. The van der Waals surface area contributed by atoms with E-state index < -0.39 is 10.0 Å². The van der Waals surface area contributed by atoms with Gasteiger partial charge in [0.2, 0.25) is 10.0 Å². The van der Waals surface area contributed by atoms with E-state index in [0.29, 0.717) is 12.5 Å². The van der Waals surface area contributed by atoms with Crippen molar-refractivity contribution in [3.05, 3.63) is 0 Å². The zero-order valence-electron chi connectivity index (χ0n) is 7.00. The Hall–Kier alpha value is -0.0900. The number of nitrogens with one attached hydrogen (secondary N) is 1. The lowest BCUT2D eigenvalue weighted by molar-refractivity contribution is 0.493. The van der Waals surface area contributed by atoms with E-state index in [-0.39, 0.29) is 0 Å². The van der Waals surface area contributed by atoms with Gasteiger partial charge in [0.1, 0.15) is 0 Å². The molecule has 0 aromatic carbocycles. The average Bonchev–Trinajstić information content (AvgIpc) is 2.61. The summed E-state index contributed by atoms with van der Waals surface area (Å²) in [4.78, 5) is 0. The van der Waals surface area contributed by atoms with E-state index in [1.165, 1.54) is 19.1 Å². The molecule has 1 aliphatic carbocycles. The van der Waals surface area contributed by atoms with Gasteiger partial charge in [0.25, 0.3) is 0 Å². The van der Waals surface area contributed by atoms with Gasteiger partial charge in [-0.2, -0.15) is 0 Å². The Morgan fingerprint density at radius 3 is 2.45 bits per heavy atom. The van der Waals surface area contributed by atoms with Crippen LogP contribution in [0.25, 0.3) is 0 Å². The number of sulfonamides is 1. The molecule has 0 spiro atoms. The number of hydrogen-bond acceptors (Lipinski definition) is 2. The van der Waals surface area contributed by atoms with Crippen LogP contribution < -0.4 is 4.72 Å². The van der Waals surface area contributed by atoms with Gasteiger partial charge in [-0.1, -0.05) is 6.92 Å². The Bertz CT molecular complexity index is 219. The first kappa shape index (κ1) is 9.00. The first-order valence-corrected chi connectivity index (χ1v) is 5.83. The molecule has 1 N–H and O–H groups in total. The highest BCUT2D eigenvalue weighted by molar-refractivity contribution is 7.88. The summed E-state index contributed by atoms with van der Waals surface area (Å²) in [6, 6.07) is 0. The van der Waals surface area contributed by atoms with Crippen molar-refractivity contribution in [1.82, 2.24) is 4.72 Å². The number of hydrogen-bond donors (Lipinski definition) is 1. The van der Waals surface area contributed by atoms with E-state index in [9.17, 15) is 8.42 Å². The van der Waals surface area contributed by atoms with Crippen molar-refractivity contribution < 1.29 is 8.42 Å². The molecule has 3 nitrogen and oxygen atoms in total. The van der Waals surface area contributed by atoms with Crippen LogP contribution in [0, 0.1) is 11.8 Å². The summed E-state index contributed by atoms with van der Waals surface area (Å²) < 4.78 is 23.9. The van der Waals surface area contributed by atoms with Gasteiger partial charge in [0.05, 0.1) is 6.26 Å². The minimum absolute atomic E-state index is 0.504. The van der Waals surface area contributed by atoms with E-state index in [0.717, 1.165) is 5.92 Å². The summed E-state index contributed by atoms with van der Waals surface area (Å²) in [5, 5.41) is 0. The van der Waals surface area contributed by atoms with Crippen LogP contribution in [0.2, 0.25) is 0 Å². The Labute approximate surface area is 68.2 Å². The van der Waals surface area contributed by atoms with Crippen molar-refractivity contribution in [2.45, 2.75) is 19.8 Å². The van der Waals surface area contributed by atoms with Gasteiger partial charge in [0, 0.05) is 6.54 Å². The monoisotopic (exact) mass is 177 g/mol. The molecule has 1 fully saturated rings. The Kier molecular flexibility index (Phi) is 2.54. The van der Waals surface area contributed by atoms with Crippen LogP contribution in [0.3, 0.4) is 0 Å². The molecule has 0 radical (unpaired) electrons. The smallest absolute Gasteiger partial charge is 0.208 e. The number of rotatable bonds is 4. The second-order valence-electron chi connectivity index (χ2n) is 3.44. The summed E-state index contributed by atoms with van der Waals surface area (Å²) in [5.74, 6) is 1.27. The van der Waals surface area contributed by atoms with Crippen LogP contribution in [0.4, 0.5) is 0 Å². The minimum Gasteiger partial charge on any atom is -0.215 e. The highest BCUT2D eigenvalue weighted by Crippen LogP contribution is 2.36. The fourth-order valence-corrected chi connectivity index (χ4v) is 1.68. The van der Waals surface area contributed by atoms with Crippen molar-refractivity contribution in [3.8, 4) is 0 Å². The molecule has 1 atom stereocenters. The van der Waals surface area contributed by atoms with Crippen LogP contribution >= 0.6 is 0 Å². The predicted molar refractivity (Wildman–Crippen MR) is 44.7 cm³/mol. The van der Waals surface area contributed by atoms with Crippen LogP contribution in [0.1, 0.15) is 19.8 Å². The molecule has 0 heterocycles. The Balaban J connectivity index is 2.21. The fraction of sp³-hybridized carbons (Fsp3) is 1.00. The second kappa shape index (κ2) is 3.11. The predicted octanol–water partition coefficient (Wildman–Crippen LogP) is 0.582. The van der Waals surface area contributed by atoms with Crippen LogP contribution in [-0.2, 0) is 10.0 Å². The van der Waals surface area contributed by atoms with Gasteiger partial charge in [-0.15, -0.1) is 0 Å². The van der Waals surface area contributed by atoms with E-state index in [1.807, 2.05) is 0 Å². The molecule has 11 heavy (non-hydrogen) atoms. The zero-order valence-corrected chi connectivity index (χ0v) is 7.82. The van der Waals surface area contributed by atoms with Gasteiger partial charge in [-0.05, 0) is 24.7 Å². The molecule has 0 bridgehead atoms. The molecule has 4 heteroatoms. The van der Waals surface area contributed by atoms with Gasteiger partial charge < -0.3 is 0 Å². The van der Waals surface area contributed by atoms with Gasteiger partial charge in [-0.25, -0.2) is 13.1 Å². The summed E-state index contributed by atoms with van der Waals surface area (Å²) >= 11 is 0. The first-order chi connectivity index (χ1) is 4.99. The van der Waals surface area contributed by atoms with Crippen LogP contribution in [0.5, 0.6) is 0 Å². The highest BCUT2D eigenvalue weighted by atomic mass is 32.2. The Morgan fingerprint density at radius 1 is 1.55 bits per heavy atom. The van der Waals surface area contributed by atoms with Gasteiger partial charge in [0.15, 0.2) is 0 Å². The zero-order chi connectivity index (χ0) is 8.48. The SMILES string of the molecule is CC(CNS(C)(=O)=O)C1CC1. The lowest BCUT2D eigenvalue weighted by Gasteiger charge is -2.08. The summed E-state index contributed by atoms with van der Waals surface area (Å²) in [6.45, 7) is 2.69. The molecular formula is C7H15NO2S. The summed E-state index contributed by atoms with van der Waals surface area (Å²) in [5.41, 5.74) is 0. The largest absolute Gasteiger partial charge is 0.215 e. The van der Waals surface area contributed by atoms with Crippen molar-refractivity contribution >= 4 is 10.0 Å². The summed E-state index contributed by atoms with van der Waals surface area (Å²) in [7, 11) is -2.97. The van der Waals surface area contributed by atoms with Crippen molar-refractivity contribution in [1.29, 1.82) is 0 Å². The highest BCUT2D eigenvalue weighted by Gasteiger charge is 2.27. The van der Waals surface area contributed by atoms with Crippen LogP contribution in [-0.4, -0.2) is 21.2 Å². The molecule has 1 aliphatic rings. The van der Waals surface area contributed by atoms with Crippen molar-refractivity contribution in [2.75, 3.05) is 12.8 Å². The Morgan fingerprint density at radius 2 is 2.09 bits per heavy atom.